The second-order valence-electron chi connectivity index (χ2n) is 4.78. The van der Waals surface area contributed by atoms with Gasteiger partial charge in [-0.15, -0.1) is 0 Å². The number of hydrogen-bond acceptors (Lipinski definition) is 3. The van der Waals surface area contributed by atoms with Crippen LogP contribution >= 0.6 is 0 Å². The Bertz CT molecular complexity index is 641. The summed E-state index contributed by atoms with van der Waals surface area (Å²) >= 11 is 0. The largest absolute Gasteiger partial charge is 0.361 e. The van der Waals surface area contributed by atoms with Gasteiger partial charge in [0, 0.05) is 12.7 Å². The molecule has 21 heavy (non-hydrogen) atoms. The maximum Gasteiger partial charge on any atom is 0.312 e. The van der Waals surface area contributed by atoms with Gasteiger partial charge in [0.05, 0.1) is 12.2 Å². The van der Waals surface area contributed by atoms with Gasteiger partial charge < -0.3 is 10.6 Å². The first-order valence-electron chi connectivity index (χ1n) is 6.61. The third-order valence-electron chi connectivity index (χ3n) is 3.17. The number of rotatable bonds is 4. The Morgan fingerprint density at radius 2 is 1.81 bits per heavy atom. The zero-order valence-corrected chi connectivity index (χ0v) is 11.8. The fourth-order valence-electron chi connectivity index (χ4n) is 2.02. The van der Waals surface area contributed by atoms with Crippen molar-refractivity contribution in [3.8, 4) is 0 Å². The number of benzene rings is 1. The van der Waals surface area contributed by atoms with Gasteiger partial charge in [-0.05, 0) is 24.1 Å². The molecule has 1 aromatic carbocycles. The van der Waals surface area contributed by atoms with E-state index in [1.807, 2.05) is 49.4 Å². The Labute approximate surface area is 123 Å². The number of nitrogens with zero attached hydrogens (tertiary/aromatic N) is 2. The highest BCUT2D eigenvalue weighted by Gasteiger charge is 2.20. The van der Waals surface area contributed by atoms with E-state index in [0.29, 0.717) is 6.54 Å². The lowest BCUT2D eigenvalue weighted by molar-refractivity contribution is -0.145. The van der Waals surface area contributed by atoms with Crippen LogP contribution in [-0.4, -0.2) is 21.7 Å². The smallest absolute Gasteiger partial charge is 0.312 e. The van der Waals surface area contributed by atoms with Crippen molar-refractivity contribution in [2.75, 3.05) is 0 Å². The minimum atomic E-state index is -0.959. The van der Waals surface area contributed by atoms with Crippen LogP contribution in [0.25, 0.3) is 0 Å². The molecule has 0 bridgehead atoms. The van der Waals surface area contributed by atoms with Gasteiger partial charge in [-0.2, -0.15) is 0 Å². The second kappa shape index (κ2) is 6.65. The third kappa shape index (κ3) is 3.89. The van der Waals surface area contributed by atoms with Crippen molar-refractivity contribution in [2.24, 2.45) is 5.73 Å². The van der Waals surface area contributed by atoms with Crippen LogP contribution in [0.4, 0.5) is 0 Å². The topological polar surface area (TPSA) is 76.3 Å². The first-order valence-corrected chi connectivity index (χ1v) is 6.61. The van der Waals surface area contributed by atoms with E-state index < -0.39 is 11.8 Å². The lowest BCUT2D eigenvalue weighted by Gasteiger charge is -2.21. The van der Waals surface area contributed by atoms with Crippen LogP contribution in [0, 0.1) is 6.92 Å². The van der Waals surface area contributed by atoms with Crippen molar-refractivity contribution in [3.63, 3.8) is 0 Å². The highest BCUT2D eigenvalue weighted by Crippen LogP contribution is 2.11. The van der Waals surface area contributed by atoms with Crippen molar-refractivity contribution in [3.05, 3.63) is 65.5 Å². The standard InChI is InChI=1S/C16H17N3O2/c1-12-6-5-9-18-14(12)11-19(16(21)15(17)20)10-13-7-3-2-4-8-13/h2-9H,10-11H2,1H3,(H2,17,20). The molecule has 0 spiro atoms. The van der Waals surface area contributed by atoms with Crippen LogP contribution in [0.2, 0.25) is 0 Å². The number of carbonyl (C=O) groups excluding carboxylic acids is 2. The summed E-state index contributed by atoms with van der Waals surface area (Å²) in [5.74, 6) is -1.66. The van der Waals surface area contributed by atoms with Crippen molar-refractivity contribution < 1.29 is 9.59 Å². The highest BCUT2D eigenvalue weighted by molar-refractivity contribution is 6.34. The molecule has 0 radical (unpaired) electrons. The number of aromatic nitrogens is 1. The fraction of sp³-hybridized carbons (Fsp3) is 0.188. The van der Waals surface area contributed by atoms with E-state index in [-0.39, 0.29) is 6.54 Å². The third-order valence-corrected chi connectivity index (χ3v) is 3.17. The first-order chi connectivity index (χ1) is 10.1. The molecule has 0 saturated heterocycles. The number of primary amides is 1. The molecule has 0 aliphatic heterocycles. The lowest BCUT2D eigenvalue weighted by atomic mass is 10.1. The van der Waals surface area contributed by atoms with Crippen LogP contribution < -0.4 is 5.73 Å². The summed E-state index contributed by atoms with van der Waals surface area (Å²) < 4.78 is 0. The first kappa shape index (κ1) is 14.7. The molecule has 2 rings (SSSR count). The summed E-state index contributed by atoms with van der Waals surface area (Å²) in [6.07, 6.45) is 1.66. The summed E-state index contributed by atoms with van der Waals surface area (Å²) in [5.41, 5.74) is 7.78. The van der Waals surface area contributed by atoms with Gasteiger partial charge in [-0.1, -0.05) is 36.4 Å². The fourth-order valence-corrected chi connectivity index (χ4v) is 2.02. The number of aryl methyl sites for hydroxylation is 1. The van der Waals surface area contributed by atoms with E-state index in [0.717, 1.165) is 16.8 Å². The normalized spacial score (nSPS) is 10.1. The molecular formula is C16H17N3O2. The summed E-state index contributed by atoms with van der Waals surface area (Å²) in [4.78, 5) is 28.9. The van der Waals surface area contributed by atoms with E-state index in [9.17, 15) is 9.59 Å². The van der Waals surface area contributed by atoms with Crippen LogP contribution in [0.15, 0.2) is 48.7 Å². The summed E-state index contributed by atoms with van der Waals surface area (Å²) in [6, 6.07) is 13.2. The van der Waals surface area contributed by atoms with Crippen molar-refractivity contribution >= 4 is 11.8 Å². The molecule has 0 atom stereocenters. The predicted molar refractivity (Wildman–Crippen MR) is 78.9 cm³/mol. The second-order valence-corrected chi connectivity index (χ2v) is 4.78. The van der Waals surface area contributed by atoms with Crippen molar-refractivity contribution in [1.82, 2.24) is 9.88 Å². The molecule has 1 heterocycles. The summed E-state index contributed by atoms with van der Waals surface area (Å²) in [5, 5.41) is 0. The molecular weight excluding hydrogens is 266 g/mol. The van der Waals surface area contributed by atoms with Gasteiger partial charge in [0.1, 0.15) is 0 Å². The SMILES string of the molecule is Cc1cccnc1CN(Cc1ccccc1)C(=O)C(N)=O. The predicted octanol–water partition coefficient (Wildman–Crippen LogP) is 1.40. The average Bonchev–Trinajstić information content (AvgIpc) is 2.49. The average molecular weight is 283 g/mol. The van der Waals surface area contributed by atoms with Crippen LogP contribution in [0.1, 0.15) is 16.8 Å². The van der Waals surface area contributed by atoms with Crippen molar-refractivity contribution in [1.29, 1.82) is 0 Å². The van der Waals surface area contributed by atoms with E-state index in [1.54, 1.807) is 6.20 Å². The number of pyridine rings is 1. The Morgan fingerprint density at radius 3 is 2.43 bits per heavy atom. The molecule has 0 unspecified atom stereocenters. The maximum atomic E-state index is 12.0. The summed E-state index contributed by atoms with van der Waals surface area (Å²) in [6.45, 7) is 2.49. The molecule has 0 saturated carbocycles. The molecule has 5 heteroatoms. The van der Waals surface area contributed by atoms with Crippen LogP contribution in [0.3, 0.4) is 0 Å². The van der Waals surface area contributed by atoms with Gasteiger partial charge in [0.25, 0.3) is 0 Å². The molecule has 2 aromatic rings. The number of nitrogens with two attached hydrogens (primary N) is 1. The number of carbonyl (C=O) groups is 2. The minimum Gasteiger partial charge on any atom is -0.361 e. The zero-order chi connectivity index (χ0) is 15.2. The Morgan fingerprint density at radius 1 is 1.10 bits per heavy atom. The van der Waals surface area contributed by atoms with Crippen LogP contribution in [0.5, 0.6) is 0 Å². The Kier molecular flexibility index (Phi) is 4.66. The van der Waals surface area contributed by atoms with Gasteiger partial charge in [0.2, 0.25) is 0 Å². The van der Waals surface area contributed by atoms with E-state index in [2.05, 4.69) is 4.98 Å². The molecule has 5 nitrogen and oxygen atoms in total. The lowest BCUT2D eigenvalue weighted by Crippen LogP contribution is -2.39. The molecule has 1 aromatic heterocycles. The maximum absolute atomic E-state index is 12.0. The molecule has 0 aliphatic rings. The van der Waals surface area contributed by atoms with E-state index >= 15 is 0 Å². The van der Waals surface area contributed by atoms with Crippen LogP contribution in [-0.2, 0) is 22.7 Å². The number of amides is 2. The minimum absolute atomic E-state index is 0.253. The monoisotopic (exact) mass is 283 g/mol. The Balaban J connectivity index is 2.22. The molecule has 108 valence electrons. The molecule has 2 N–H and O–H groups in total. The Hall–Kier alpha value is -2.69. The van der Waals surface area contributed by atoms with Crippen molar-refractivity contribution in [2.45, 2.75) is 20.0 Å². The van der Waals surface area contributed by atoms with Gasteiger partial charge in [0.15, 0.2) is 0 Å². The molecule has 0 fully saturated rings. The molecule has 2 amide bonds. The number of hydrogen-bond donors (Lipinski definition) is 1. The van der Waals surface area contributed by atoms with E-state index in [1.165, 1.54) is 4.90 Å². The van der Waals surface area contributed by atoms with Gasteiger partial charge >= 0.3 is 11.8 Å². The quantitative estimate of drug-likeness (QED) is 0.862. The van der Waals surface area contributed by atoms with E-state index in [4.69, 9.17) is 5.73 Å². The van der Waals surface area contributed by atoms with Gasteiger partial charge in [-0.25, -0.2) is 0 Å². The summed E-state index contributed by atoms with van der Waals surface area (Å²) in [7, 11) is 0. The van der Waals surface area contributed by atoms with Gasteiger partial charge in [-0.3, -0.25) is 14.6 Å². The molecule has 0 aliphatic carbocycles. The zero-order valence-electron chi connectivity index (χ0n) is 11.8. The highest BCUT2D eigenvalue weighted by atomic mass is 16.2.